The van der Waals surface area contributed by atoms with Gasteiger partial charge in [0, 0.05) is 46.9 Å². The van der Waals surface area contributed by atoms with Gasteiger partial charge < -0.3 is 19.5 Å². The van der Waals surface area contributed by atoms with Gasteiger partial charge in [0.1, 0.15) is 6.54 Å². The molecular formula is C28H33NO6. The molecule has 1 aliphatic heterocycles. The van der Waals surface area contributed by atoms with Gasteiger partial charge in [0.25, 0.3) is 0 Å². The van der Waals surface area contributed by atoms with E-state index in [-0.39, 0.29) is 18.1 Å². The Labute approximate surface area is 206 Å². The van der Waals surface area contributed by atoms with Crippen molar-refractivity contribution in [1.29, 1.82) is 0 Å². The van der Waals surface area contributed by atoms with Crippen LogP contribution in [0.4, 0.5) is 0 Å². The van der Waals surface area contributed by atoms with Crippen LogP contribution in [0.3, 0.4) is 0 Å². The monoisotopic (exact) mass is 479 g/mol. The summed E-state index contributed by atoms with van der Waals surface area (Å²) in [4.78, 5) is 40.2. The van der Waals surface area contributed by atoms with Crippen LogP contribution < -0.4 is 9.47 Å². The maximum absolute atomic E-state index is 13.4. The van der Waals surface area contributed by atoms with Crippen molar-refractivity contribution in [2.45, 2.75) is 64.2 Å². The van der Waals surface area contributed by atoms with Crippen molar-refractivity contribution in [1.82, 2.24) is 4.90 Å². The molecule has 7 nitrogen and oxygen atoms in total. The predicted molar refractivity (Wildman–Crippen MR) is 132 cm³/mol. The number of carboxylic acid groups (broad SMARTS) is 1. The third-order valence-electron chi connectivity index (χ3n) is 6.90. The van der Waals surface area contributed by atoms with Gasteiger partial charge in [-0.15, -0.1) is 6.58 Å². The van der Waals surface area contributed by atoms with Crippen LogP contribution in [0.5, 0.6) is 11.5 Å². The molecule has 4 rings (SSSR count). The van der Waals surface area contributed by atoms with Gasteiger partial charge in [-0.1, -0.05) is 19.1 Å². The number of carbonyl (C=O) groups is 3. The molecule has 0 saturated carbocycles. The molecule has 0 bridgehead atoms. The van der Waals surface area contributed by atoms with Gasteiger partial charge in [-0.05, 0) is 50.2 Å². The minimum absolute atomic E-state index is 0.0212. The van der Waals surface area contributed by atoms with Crippen LogP contribution >= 0.6 is 0 Å². The molecule has 0 spiro atoms. The lowest BCUT2D eigenvalue weighted by atomic mass is 9.70. The molecule has 0 aromatic heterocycles. The predicted octanol–water partition coefficient (Wildman–Crippen LogP) is 4.71. The summed E-state index contributed by atoms with van der Waals surface area (Å²) in [6.07, 6.45) is 6.53. The molecule has 2 aliphatic carbocycles. The quantitative estimate of drug-likeness (QED) is 0.513. The zero-order valence-corrected chi connectivity index (χ0v) is 20.5. The number of ketones is 2. The Balaban J connectivity index is 1.96. The summed E-state index contributed by atoms with van der Waals surface area (Å²) in [5.74, 6) is -0.362. The SMILES string of the molecule is C=CCc1cc(C2C3=C(CCCC3=O)N(CC(=O)O)C3=C2C(=O)CCC3)cc(OC)c1OCCC. The topological polar surface area (TPSA) is 93.1 Å². The van der Waals surface area contributed by atoms with E-state index in [0.717, 1.165) is 28.9 Å². The molecule has 7 heteroatoms. The number of benzene rings is 1. The molecule has 35 heavy (non-hydrogen) atoms. The normalized spacial score (nSPS) is 18.4. The summed E-state index contributed by atoms with van der Waals surface area (Å²) >= 11 is 0. The number of rotatable bonds is 9. The smallest absolute Gasteiger partial charge is 0.323 e. The third-order valence-corrected chi connectivity index (χ3v) is 6.90. The van der Waals surface area contributed by atoms with Gasteiger partial charge in [0.05, 0.1) is 13.7 Å². The lowest BCUT2D eigenvalue weighted by Crippen LogP contribution is -2.41. The average Bonchev–Trinajstić information content (AvgIpc) is 2.83. The summed E-state index contributed by atoms with van der Waals surface area (Å²) in [5.41, 5.74) is 4.28. The number of nitrogens with zero attached hydrogens (tertiary/aromatic N) is 1. The second-order valence-corrected chi connectivity index (χ2v) is 9.24. The summed E-state index contributed by atoms with van der Waals surface area (Å²) < 4.78 is 11.7. The van der Waals surface area contributed by atoms with E-state index in [4.69, 9.17) is 9.47 Å². The molecule has 186 valence electrons. The fraction of sp³-hybridized carbons (Fsp3) is 0.464. The highest BCUT2D eigenvalue weighted by molar-refractivity contribution is 6.06. The second kappa shape index (κ2) is 10.5. The number of carbonyl (C=O) groups excluding carboxylic acids is 2. The highest BCUT2D eigenvalue weighted by Gasteiger charge is 2.44. The van der Waals surface area contributed by atoms with E-state index in [0.29, 0.717) is 74.2 Å². The van der Waals surface area contributed by atoms with Gasteiger partial charge in [0.15, 0.2) is 23.1 Å². The van der Waals surface area contributed by atoms with Crippen molar-refractivity contribution in [2.75, 3.05) is 20.3 Å². The Bertz CT molecular complexity index is 1080. The molecule has 0 saturated heterocycles. The lowest BCUT2D eigenvalue weighted by molar-refractivity contribution is -0.138. The van der Waals surface area contributed by atoms with Crippen molar-refractivity contribution in [3.8, 4) is 11.5 Å². The zero-order chi connectivity index (χ0) is 25.1. The van der Waals surface area contributed by atoms with Crippen molar-refractivity contribution in [3.63, 3.8) is 0 Å². The highest BCUT2D eigenvalue weighted by atomic mass is 16.5. The van der Waals surface area contributed by atoms with Crippen LogP contribution in [-0.4, -0.2) is 47.8 Å². The first kappa shape index (κ1) is 24.8. The zero-order valence-electron chi connectivity index (χ0n) is 20.5. The van der Waals surface area contributed by atoms with Crippen molar-refractivity contribution < 1.29 is 29.0 Å². The maximum Gasteiger partial charge on any atom is 0.323 e. The molecule has 0 amide bonds. The fourth-order valence-electron chi connectivity index (χ4n) is 5.55. The first-order chi connectivity index (χ1) is 16.9. The summed E-state index contributed by atoms with van der Waals surface area (Å²) in [7, 11) is 1.58. The van der Waals surface area contributed by atoms with Crippen LogP contribution in [0.2, 0.25) is 0 Å². The largest absolute Gasteiger partial charge is 0.493 e. The Hall–Kier alpha value is -3.35. The Morgan fingerprint density at radius 3 is 2.26 bits per heavy atom. The summed E-state index contributed by atoms with van der Waals surface area (Å²) in [6.45, 7) is 6.20. The number of hydrogen-bond donors (Lipinski definition) is 1. The third kappa shape index (κ3) is 4.64. The Morgan fingerprint density at radius 1 is 1.11 bits per heavy atom. The van der Waals surface area contributed by atoms with Crippen LogP contribution in [0.25, 0.3) is 0 Å². The molecule has 1 aromatic rings. The molecule has 1 N–H and O–H groups in total. The lowest BCUT2D eigenvalue weighted by Gasteiger charge is -2.43. The summed E-state index contributed by atoms with van der Waals surface area (Å²) in [6, 6.07) is 3.86. The standard InChI is InChI=1S/C28H33NO6/c1-4-8-17-14-18(15-23(34-3)28(17)35-13-5-2)25-26-19(9-6-11-21(26)30)29(16-24(32)33)20-10-7-12-22(31)27(20)25/h4,14-15,25H,1,5-13,16H2,2-3H3,(H,32,33). The first-order valence-electron chi connectivity index (χ1n) is 12.4. The molecule has 1 heterocycles. The number of hydrogen-bond acceptors (Lipinski definition) is 6. The fourth-order valence-corrected chi connectivity index (χ4v) is 5.55. The molecule has 0 unspecified atom stereocenters. The number of methoxy groups -OCH3 is 1. The number of aliphatic carboxylic acids is 1. The molecule has 0 fully saturated rings. The van der Waals surface area contributed by atoms with E-state index < -0.39 is 11.9 Å². The minimum Gasteiger partial charge on any atom is -0.493 e. The van der Waals surface area contributed by atoms with Gasteiger partial charge in [-0.2, -0.15) is 0 Å². The minimum atomic E-state index is -0.981. The van der Waals surface area contributed by atoms with Crippen LogP contribution in [0.1, 0.15) is 68.9 Å². The molecule has 1 aromatic carbocycles. The van der Waals surface area contributed by atoms with E-state index >= 15 is 0 Å². The summed E-state index contributed by atoms with van der Waals surface area (Å²) in [5, 5.41) is 9.63. The molecule has 0 atom stereocenters. The number of Topliss-reactive ketones (excluding diaryl/α,β-unsaturated/α-hetero) is 2. The van der Waals surface area contributed by atoms with Crippen molar-refractivity contribution in [3.05, 3.63) is 58.5 Å². The van der Waals surface area contributed by atoms with Gasteiger partial charge >= 0.3 is 5.97 Å². The first-order valence-corrected chi connectivity index (χ1v) is 12.4. The number of allylic oxidation sites excluding steroid dienone is 5. The maximum atomic E-state index is 13.4. The van der Waals surface area contributed by atoms with Gasteiger partial charge in [-0.3, -0.25) is 14.4 Å². The van der Waals surface area contributed by atoms with E-state index in [2.05, 4.69) is 6.58 Å². The van der Waals surface area contributed by atoms with Crippen LogP contribution in [-0.2, 0) is 20.8 Å². The molecule has 3 aliphatic rings. The Morgan fingerprint density at radius 2 is 1.74 bits per heavy atom. The van der Waals surface area contributed by atoms with Gasteiger partial charge in [-0.25, -0.2) is 0 Å². The van der Waals surface area contributed by atoms with Gasteiger partial charge in [0.2, 0.25) is 0 Å². The molecule has 0 radical (unpaired) electrons. The molecular weight excluding hydrogens is 446 g/mol. The van der Waals surface area contributed by atoms with Crippen LogP contribution in [0, 0.1) is 0 Å². The van der Waals surface area contributed by atoms with Crippen molar-refractivity contribution >= 4 is 17.5 Å². The number of carboxylic acids is 1. The average molecular weight is 480 g/mol. The number of ether oxygens (including phenoxy) is 2. The van der Waals surface area contributed by atoms with Crippen molar-refractivity contribution in [2.24, 2.45) is 0 Å². The van der Waals surface area contributed by atoms with E-state index in [9.17, 15) is 19.5 Å². The van der Waals surface area contributed by atoms with Crippen LogP contribution in [0.15, 0.2) is 47.3 Å². The van der Waals surface area contributed by atoms with E-state index in [1.54, 1.807) is 18.1 Å². The van der Waals surface area contributed by atoms with E-state index in [1.165, 1.54) is 0 Å². The Kier molecular flexibility index (Phi) is 7.43. The van der Waals surface area contributed by atoms with E-state index in [1.807, 2.05) is 19.1 Å². The highest BCUT2D eigenvalue weighted by Crippen LogP contribution is 2.50. The second-order valence-electron chi connectivity index (χ2n) is 9.24.